The molecule has 0 spiro atoms. The highest BCUT2D eigenvalue weighted by Crippen LogP contribution is 2.37. The topological polar surface area (TPSA) is 35.8 Å². The number of rotatable bonds is 3. The highest BCUT2D eigenvalue weighted by molar-refractivity contribution is 8.03. The smallest absolute Gasteiger partial charge is 0.0764 e. The number of nitrogens with one attached hydrogen (secondary N) is 1. The minimum Gasteiger partial charge on any atom is -0.377 e. The predicted molar refractivity (Wildman–Crippen MR) is 65.6 cm³/mol. The molecule has 0 aromatic carbocycles. The summed E-state index contributed by atoms with van der Waals surface area (Å²) in [4.78, 5) is 1.21. The summed E-state index contributed by atoms with van der Waals surface area (Å²) in [7, 11) is 0.721. The molecule has 1 N–H and O–H groups in total. The third-order valence-corrected chi connectivity index (χ3v) is 4.61. The fourth-order valence-electron chi connectivity index (χ4n) is 1.27. The Morgan fingerprint density at radius 1 is 1.86 bits per heavy atom. The lowest BCUT2D eigenvalue weighted by atomic mass is 10.2. The van der Waals surface area contributed by atoms with Gasteiger partial charge in [0, 0.05) is 16.1 Å². The summed E-state index contributed by atoms with van der Waals surface area (Å²) in [5.74, 6) is 1.000. The van der Waals surface area contributed by atoms with Gasteiger partial charge in [0.1, 0.15) is 0 Å². The number of nitrogens with zero attached hydrogens (tertiary/aromatic N) is 1. The van der Waals surface area contributed by atoms with Gasteiger partial charge in [0.2, 0.25) is 0 Å². The maximum atomic E-state index is 8.88. The number of thioether (sulfide) groups is 1. The van der Waals surface area contributed by atoms with Crippen molar-refractivity contribution in [1.29, 1.82) is 5.26 Å². The van der Waals surface area contributed by atoms with E-state index in [1.165, 1.54) is 10.3 Å². The maximum Gasteiger partial charge on any atom is 0.0764 e. The maximum absolute atomic E-state index is 8.88. The van der Waals surface area contributed by atoms with Crippen molar-refractivity contribution in [3.63, 3.8) is 0 Å². The minimum absolute atomic E-state index is 0.0146. The van der Waals surface area contributed by atoms with Gasteiger partial charge in [-0.05, 0) is 13.6 Å². The zero-order chi connectivity index (χ0) is 10.6. The van der Waals surface area contributed by atoms with Crippen molar-refractivity contribution in [2.75, 3.05) is 12.4 Å². The van der Waals surface area contributed by atoms with Crippen molar-refractivity contribution in [3.05, 3.63) is 23.0 Å². The molecule has 4 heteroatoms. The van der Waals surface area contributed by atoms with Crippen LogP contribution in [0.4, 0.5) is 0 Å². The first-order valence-corrected chi connectivity index (χ1v) is 7.05. The number of hydrogen-bond donors (Lipinski definition) is 1. The third kappa shape index (κ3) is 2.53. The lowest BCUT2D eigenvalue weighted by Crippen LogP contribution is -2.32. The van der Waals surface area contributed by atoms with E-state index in [9.17, 15) is 0 Å². The monoisotopic (exact) mass is 226 g/mol. The Hall–Kier alpha value is -0.450. The number of allylic oxidation sites excluding steroid dienone is 1. The summed E-state index contributed by atoms with van der Waals surface area (Å²) in [6, 6.07) is 2.65. The van der Waals surface area contributed by atoms with Gasteiger partial charge in [0.15, 0.2) is 0 Å². The molecule has 1 heterocycles. The predicted octanol–water partition coefficient (Wildman–Crippen LogP) is 2.51. The van der Waals surface area contributed by atoms with Gasteiger partial charge in [-0.2, -0.15) is 5.26 Å². The van der Waals surface area contributed by atoms with Crippen molar-refractivity contribution >= 4 is 20.3 Å². The Bertz CT molecular complexity index is 293. The van der Waals surface area contributed by atoms with Crippen molar-refractivity contribution in [2.45, 2.75) is 13.0 Å². The Kier molecular flexibility index (Phi) is 4.51. The van der Waals surface area contributed by atoms with E-state index in [1.807, 2.05) is 13.0 Å². The molecule has 0 bridgehead atoms. The van der Waals surface area contributed by atoms with Crippen LogP contribution in [-0.2, 0) is 0 Å². The van der Waals surface area contributed by atoms with E-state index in [0.29, 0.717) is 6.04 Å². The molecule has 0 saturated heterocycles. The van der Waals surface area contributed by atoms with Gasteiger partial charge in [-0.15, -0.1) is 18.3 Å². The quantitative estimate of drug-likeness (QED) is 0.593. The van der Waals surface area contributed by atoms with Crippen molar-refractivity contribution < 1.29 is 0 Å². The molecule has 1 rings (SSSR count). The summed E-state index contributed by atoms with van der Waals surface area (Å²) in [5.41, 5.74) is 1.24. The molecule has 3 atom stereocenters. The lowest BCUT2D eigenvalue weighted by molar-refractivity contribution is 0.743. The van der Waals surface area contributed by atoms with Gasteiger partial charge in [-0.25, -0.2) is 0 Å². The van der Waals surface area contributed by atoms with Gasteiger partial charge in [0.05, 0.1) is 18.0 Å². The normalized spacial score (nSPS) is 24.5. The number of nitriles is 1. The molecule has 0 amide bonds. The van der Waals surface area contributed by atoms with Gasteiger partial charge >= 0.3 is 0 Å². The second-order valence-corrected chi connectivity index (χ2v) is 5.20. The first-order valence-electron chi connectivity index (χ1n) is 4.56. The fourth-order valence-corrected chi connectivity index (χ4v) is 3.67. The zero-order valence-corrected chi connectivity index (χ0v) is 10.3. The lowest BCUT2D eigenvalue weighted by Gasteiger charge is -2.27. The molecule has 0 saturated carbocycles. The van der Waals surface area contributed by atoms with Crippen LogP contribution in [0.25, 0.3) is 0 Å². The van der Waals surface area contributed by atoms with Crippen LogP contribution in [0.5, 0.6) is 0 Å². The Morgan fingerprint density at radius 2 is 2.57 bits per heavy atom. The molecule has 76 valence electrons. The van der Waals surface area contributed by atoms with Crippen LogP contribution in [0.15, 0.2) is 23.0 Å². The first-order chi connectivity index (χ1) is 6.72. The molecule has 0 fully saturated rings. The van der Waals surface area contributed by atoms with E-state index in [0.717, 1.165) is 14.3 Å². The minimum atomic E-state index is 0.0146. The van der Waals surface area contributed by atoms with Crippen LogP contribution in [0, 0.1) is 17.2 Å². The molecule has 0 aromatic rings. The summed E-state index contributed by atoms with van der Waals surface area (Å²) in [6.45, 7) is 7.88. The average Bonchev–Trinajstić information content (AvgIpc) is 2.27. The van der Waals surface area contributed by atoms with E-state index in [2.05, 4.69) is 24.6 Å². The van der Waals surface area contributed by atoms with E-state index < -0.39 is 0 Å². The molecule has 0 aromatic heterocycles. The van der Waals surface area contributed by atoms with Crippen molar-refractivity contribution in [3.8, 4) is 6.07 Å². The molecular formula is C10H15N2PS. The molecule has 2 nitrogen and oxygen atoms in total. The SMILES string of the molecule is C=CC1CSC(C(C)C#N)=C(PC)N1. The van der Waals surface area contributed by atoms with Gasteiger partial charge in [0.25, 0.3) is 0 Å². The second kappa shape index (κ2) is 5.44. The Morgan fingerprint density at radius 3 is 3.07 bits per heavy atom. The fraction of sp³-hybridized carbons (Fsp3) is 0.500. The van der Waals surface area contributed by atoms with E-state index in [4.69, 9.17) is 5.26 Å². The molecular weight excluding hydrogens is 211 g/mol. The molecule has 3 unspecified atom stereocenters. The Labute approximate surface area is 91.6 Å². The highest BCUT2D eigenvalue weighted by Gasteiger charge is 2.21. The Balaban J connectivity index is 2.85. The molecule has 0 radical (unpaired) electrons. The van der Waals surface area contributed by atoms with Crippen LogP contribution in [0.1, 0.15) is 6.92 Å². The molecule has 1 aliphatic heterocycles. The molecule has 14 heavy (non-hydrogen) atoms. The van der Waals surface area contributed by atoms with Crippen LogP contribution >= 0.6 is 20.3 Å². The summed E-state index contributed by atoms with van der Waals surface area (Å²) in [6.07, 6.45) is 1.93. The number of hydrogen-bond acceptors (Lipinski definition) is 3. The van der Waals surface area contributed by atoms with Crippen LogP contribution in [0.2, 0.25) is 0 Å². The average molecular weight is 226 g/mol. The van der Waals surface area contributed by atoms with Gasteiger partial charge in [-0.3, -0.25) is 0 Å². The van der Waals surface area contributed by atoms with Crippen LogP contribution < -0.4 is 5.32 Å². The first kappa shape index (κ1) is 11.6. The van der Waals surface area contributed by atoms with E-state index >= 15 is 0 Å². The van der Waals surface area contributed by atoms with Crippen LogP contribution in [0.3, 0.4) is 0 Å². The third-order valence-electron chi connectivity index (χ3n) is 2.12. The summed E-state index contributed by atoms with van der Waals surface area (Å²) in [5, 5.41) is 12.3. The van der Waals surface area contributed by atoms with Crippen molar-refractivity contribution in [1.82, 2.24) is 5.32 Å². The van der Waals surface area contributed by atoms with Gasteiger partial charge < -0.3 is 5.32 Å². The standard InChI is InChI=1S/C10H15N2PS/c1-4-8-6-14-9(7(2)5-11)10(12-8)13-3/h4,7-8,12-13H,1,6H2,2-3H3. The molecule has 0 aliphatic carbocycles. The van der Waals surface area contributed by atoms with Gasteiger partial charge in [-0.1, -0.05) is 14.7 Å². The zero-order valence-electron chi connectivity index (χ0n) is 8.50. The van der Waals surface area contributed by atoms with Crippen molar-refractivity contribution in [2.24, 2.45) is 5.92 Å². The van der Waals surface area contributed by atoms with Crippen LogP contribution in [-0.4, -0.2) is 18.5 Å². The summed E-state index contributed by atoms with van der Waals surface area (Å²) >= 11 is 1.79. The highest BCUT2D eigenvalue weighted by atomic mass is 32.2. The van der Waals surface area contributed by atoms with E-state index in [-0.39, 0.29) is 5.92 Å². The summed E-state index contributed by atoms with van der Waals surface area (Å²) < 4.78 is 0. The molecule has 1 aliphatic rings. The van der Waals surface area contributed by atoms with E-state index in [1.54, 1.807) is 11.8 Å². The second-order valence-electron chi connectivity index (χ2n) is 3.14. The largest absolute Gasteiger partial charge is 0.377 e.